The molecule has 0 saturated carbocycles. The zero-order valence-corrected chi connectivity index (χ0v) is 25.0. The first-order valence-corrected chi connectivity index (χ1v) is 14.0. The Labute approximate surface area is 247 Å². The van der Waals surface area contributed by atoms with Gasteiger partial charge in [0.15, 0.2) is 5.65 Å². The molecule has 2 aromatic heterocycles. The third-order valence-corrected chi connectivity index (χ3v) is 7.04. The normalized spacial score (nSPS) is 13.7. The average molecular weight is 655 g/mol. The highest BCUT2D eigenvalue weighted by molar-refractivity contribution is 9.10. The van der Waals surface area contributed by atoms with Crippen molar-refractivity contribution in [3.05, 3.63) is 52.3 Å². The lowest BCUT2D eigenvalue weighted by molar-refractivity contribution is -0.0330. The van der Waals surface area contributed by atoms with Gasteiger partial charge in [0.2, 0.25) is 0 Å². The van der Waals surface area contributed by atoms with E-state index in [1.807, 2.05) is 0 Å². The van der Waals surface area contributed by atoms with Crippen LogP contribution < -0.4 is 15.4 Å². The number of halogens is 4. The quantitative estimate of drug-likeness (QED) is 0.267. The molecule has 3 aromatic rings. The number of nitrogens with zero attached hydrogens (tertiary/aromatic N) is 3. The first kappa shape index (κ1) is 30.4. The van der Waals surface area contributed by atoms with Crippen LogP contribution in [0.2, 0.25) is 0 Å². The number of carbonyl (C=O) groups excluding carboxylic acids is 2. The van der Waals surface area contributed by atoms with Gasteiger partial charge in [-0.05, 0) is 73.0 Å². The van der Waals surface area contributed by atoms with Gasteiger partial charge < -0.3 is 25.0 Å². The molecule has 41 heavy (non-hydrogen) atoms. The topological polar surface area (TPSA) is 97.2 Å². The summed E-state index contributed by atoms with van der Waals surface area (Å²) in [7, 11) is 1.51. The summed E-state index contributed by atoms with van der Waals surface area (Å²) < 4.78 is 53.1. The van der Waals surface area contributed by atoms with Crippen LogP contribution in [0.15, 0.2) is 46.0 Å². The number of fused-ring (bicyclic) bond motifs is 1. The van der Waals surface area contributed by atoms with E-state index in [1.165, 1.54) is 22.5 Å². The SMILES string of the molecule is CNC(=O)c1ccc(NCC#Cc2nc3c(Br)cccn3c2SC(F)(F)F)c(OC2CN(C(=O)OC(C)(C)C)C2)c1. The Morgan fingerprint density at radius 2 is 1.95 bits per heavy atom. The van der Waals surface area contributed by atoms with Gasteiger partial charge in [0.25, 0.3) is 5.91 Å². The number of benzene rings is 1. The van der Waals surface area contributed by atoms with E-state index < -0.39 is 17.2 Å². The minimum atomic E-state index is -4.52. The molecule has 0 radical (unpaired) electrons. The van der Waals surface area contributed by atoms with Gasteiger partial charge >= 0.3 is 11.6 Å². The Hall–Kier alpha value is -3.57. The Morgan fingerprint density at radius 1 is 1.22 bits per heavy atom. The highest BCUT2D eigenvalue weighted by atomic mass is 79.9. The first-order valence-electron chi connectivity index (χ1n) is 12.4. The molecule has 1 aliphatic heterocycles. The molecule has 1 saturated heterocycles. The van der Waals surface area contributed by atoms with Crippen molar-refractivity contribution in [3.8, 4) is 17.6 Å². The van der Waals surface area contributed by atoms with Crippen LogP contribution in [0.25, 0.3) is 5.65 Å². The van der Waals surface area contributed by atoms with E-state index in [2.05, 4.69) is 43.4 Å². The summed E-state index contributed by atoms with van der Waals surface area (Å²) in [5.41, 5.74) is -3.94. The Kier molecular flexibility index (Phi) is 8.98. The highest BCUT2D eigenvalue weighted by Gasteiger charge is 2.36. The van der Waals surface area contributed by atoms with Gasteiger partial charge in [0.05, 0.1) is 29.8 Å². The molecule has 0 atom stereocenters. The number of amides is 2. The molecule has 1 aliphatic rings. The van der Waals surface area contributed by atoms with E-state index in [0.717, 1.165) is 0 Å². The monoisotopic (exact) mass is 653 g/mol. The van der Waals surface area contributed by atoms with Crippen LogP contribution in [0.4, 0.5) is 23.7 Å². The van der Waals surface area contributed by atoms with Crippen LogP contribution in [0, 0.1) is 11.8 Å². The third-order valence-electron chi connectivity index (χ3n) is 5.61. The number of carbonyl (C=O) groups is 2. The van der Waals surface area contributed by atoms with Crippen LogP contribution in [0.5, 0.6) is 5.75 Å². The number of likely N-dealkylation sites (tertiary alicyclic amines) is 1. The average Bonchev–Trinajstić information content (AvgIpc) is 3.19. The molecule has 218 valence electrons. The predicted octanol–water partition coefficient (Wildman–Crippen LogP) is 5.53. The lowest BCUT2D eigenvalue weighted by Crippen LogP contribution is -2.57. The minimum Gasteiger partial charge on any atom is -0.485 e. The number of rotatable bonds is 6. The van der Waals surface area contributed by atoms with Crippen molar-refractivity contribution < 1.29 is 32.2 Å². The summed E-state index contributed by atoms with van der Waals surface area (Å²) in [6.45, 7) is 6.02. The molecule has 2 N–H and O–H groups in total. The van der Waals surface area contributed by atoms with Crippen molar-refractivity contribution >= 4 is 51.0 Å². The molecule has 0 unspecified atom stereocenters. The number of hydrogen-bond acceptors (Lipinski definition) is 7. The number of ether oxygens (including phenoxy) is 2. The van der Waals surface area contributed by atoms with Gasteiger partial charge in [-0.25, -0.2) is 9.78 Å². The number of alkyl halides is 3. The molecule has 1 aromatic carbocycles. The second-order valence-corrected chi connectivity index (χ2v) is 11.8. The molecule has 1 fully saturated rings. The fourth-order valence-electron chi connectivity index (χ4n) is 3.79. The van der Waals surface area contributed by atoms with Crippen molar-refractivity contribution in [1.82, 2.24) is 19.6 Å². The van der Waals surface area contributed by atoms with E-state index in [1.54, 1.807) is 51.1 Å². The summed E-state index contributed by atoms with van der Waals surface area (Å²) in [6, 6.07) is 8.12. The zero-order valence-electron chi connectivity index (χ0n) is 22.6. The highest BCUT2D eigenvalue weighted by Crippen LogP contribution is 2.39. The second kappa shape index (κ2) is 12.1. The van der Waals surface area contributed by atoms with E-state index >= 15 is 0 Å². The molecular formula is C27H27BrF3N5O4S. The van der Waals surface area contributed by atoms with E-state index in [9.17, 15) is 22.8 Å². The van der Waals surface area contributed by atoms with Crippen molar-refractivity contribution in [2.45, 2.75) is 43.0 Å². The van der Waals surface area contributed by atoms with Gasteiger partial charge in [0, 0.05) is 30.6 Å². The summed E-state index contributed by atoms with van der Waals surface area (Å²) >= 11 is 3.03. The Bertz CT molecular complexity index is 1520. The summed E-state index contributed by atoms with van der Waals surface area (Å²) in [5, 5.41) is 5.51. The molecule has 9 nitrogen and oxygen atoms in total. The standard InChI is InChI=1S/C27H27BrF3N5O4S/c1-26(2,3)40-25(38)35-14-17(15-35)39-21-13-16(23(37)32-4)9-10-19(21)33-11-5-8-20-24(41-27(29,30)31)36-12-6-7-18(28)22(36)34-20/h6-7,9-10,12-13,17,33H,11,14-15H2,1-4H3,(H,32,37). The summed E-state index contributed by atoms with van der Waals surface area (Å²) in [5.74, 6) is 5.61. The van der Waals surface area contributed by atoms with Gasteiger partial charge in [-0.1, -0.05) is 5.92 Å². The fraction of sp³-hybridized carbons (Fsp3) is 0.370. The summed E-state index contributed by atoms with van der Waals surface area (Å²) in [6.07, 6.45) is 0.728. The zero-order chi connectivity index (χ0) is 29.9. The van der Waals surface area contributed by atoms with Crippen LogP contribution >= 0.6 is 27.7 Å². The maximum atomic E-state index is 13.3. The van der Waals surface area contributed by atoms with Crippen LogP contribution in [0.1, 0.15) is 36.8 Å². The molecule has 0 bridgehead atoms. The number of aromatic nitrogens is 2. The van der Waals surface area contributed by atoms with Crippen LogP contribution in [0.3, 0.4) is 0 Å². The van der Waals surface area contributed by atoms with Gasteiger partial charge in [-0.3, -0.25) is 9.20 Å². The molecule has 3 heterocycles. The predicted molar refractivity (Wildman–Crippen MR) is 152 cm³/mol. The van der Waals surface area contributed by atoms with Crippen LogP contribution in [-0.2, 0) is 4.74 Å². The lowest BCUT2D eigenvalue weighted by atomic mass is 10.1. The first-order chi connectivity index (χ1) is 19.2. The van der Waals surface area contributed by atoms with Crippen molar-refractivity contribution in [1.29, 1.82) is 0 Å². The number of nitrogens with one attached hydrogen (secondary N) is 2. The minimum absolute atomic E-state index is 0.0100. The van der Waals surface area contributed by atoms with Crippen molar-refractivity contribution in [2.75, 3.05) is 32.0 Å². The molecule has 2 amide bonds. The number of anilines is 1. The van der Waals surface area contributed by atoms with Gasteiger partial charge in [0.1, 0.15) is 28.2 Å². The Morgan fingerprint density at radius 3 is 2.61 bits per heavy atom. The second-order valence-electron chi connectivity index (χ2n) is 9.93. The van der Waals surface area contributed by atoms with E-state index in [-0.39, 0.29) is 41.0 Å². The molecule has 14 heteroatoms. The number of imidazole rings is 1. The molecular weight excluding hydrogens is 627 g/mol. The largest absolute Gasteiger partial charge is 0.485 e. The number of hydrogen-bond donors (Lipinski definition) is 2. The lowest BCUT2D eigenvalue weighted by Gasteiger charge is -2.39. The summed E-state index contributed by atoms with van der Waals surface area (Å²) in [4.78, 5) is 30.2. The van der Waals surface area contributed by atoms with Crippen LogP contribution in [-0.4, -0.2) is 70.2 Å². The fourth-order valence-corrected chi connectivity index (χ4v) is 4.88. The number of pyridine rings is 1. The van der Waals surface area contributed by atoms with Gasteiger partial charge in [-0.15, -0.1) is 0 Å². The Balaban J connectivity index is 1.49. The maximum Gasteiger partial charge on any atom is 0.447 e. The third kappa shape index (κ3) is 7.80. The van der Waals surface area contributed by atoms with Crippen molar-refractivity contribution in [3.63, 3.8) is 0 Å². The molecule has 0 aliphatic carbocycles. The van der Waals surface area contributed by atoms with E-state index in [0.29, 0.717) is 40.2 Å². The van der Waals surface area contributed by atoms with E-state index in [4.69, 9.17) is 9.47 Å². The van der Waals surface area contributed by atoms with Crippen molar-refractivity contribution in [2.24, 2.45) is 0 Å². The van der Waals surface area contributed by atoms with Gasteiger partial charge in [-0.2, -0.15) is 13.2 Å². The smallest absolute Gasteiger partial charge is 0.447 e. The molecule has 0 spiro atoms. The number of thioether (sulfide) groups is 1. The maximum absolute atomic E-state index is 13.3. The molecule has 4 rings (SSSR count).